The zero-order valence-electron chi connectivity index (χ0n) is 10.3. The molecule has 1 aliphatic heterocycles. The summed E-state index contributed by atoms with van der Waals surface area (Å²) in [5, 5.41) is 3.44. The molecule has 1 aromatic carbocycles. The van der Waals surface area contributed by atoms with E-state index >= 15 is 0 Å². The minimum absolute atomic E-state index is 0.364. The van der Waals surface area contributed by atoms with Gasteiger partial charge in [-0.2, -0.15) is 0 Å². The van der Waals surface area contributed by atoms with Crippen molar-refractivity contribution in [3.05, 3.63) is 28.0 Å². The molecule has 5 heteroatoms. The van der Waals surface area contributed by atoms with E-state index in [4.69, 9.17) is 4.74 Å². The maximum Gasteiger partial charge on any atom is 0.108 e. The molecule has 1 atom stereocenters. The Morgan fingerprint density at radius 1 is 1.50 bits per heavy atom. The van der Waals surface area contributed by atoms with Gasteiger partial charge in [0.05, 0.1) is 24.2 Å². The van der Waals surface area contributed by atoms with Crippen molar-refractivity contribution in [1.29, 1.82) is 0 Å². The summed E-state index contributed by atoms with van der Waals surface area (Å²) >= 11 is 3.51. The summed E-state index contributed by atoms with van der Waals surface area (Å²) in [5.74, 6) is 1.02. The smallest absolute Gasteiger partial charge is 0.108 e. The van der Waals surface area contributed by atoms with Crippen LogP contribution in [0.1, 0.15) is 11.4 Å². The van der Waals surface area contributed by atoms with Gasteiger partial charge in [-0.3, -0.25) is 0 Å². The van der Waals surface area contributed by atoms with Crippen LogP contribution in [0.3, 0.4) is 0 Å². The van der Waals surface area contributed by atoms with Crippen molar-refractivity contribution < 1.29 is 4.74 Å². The summed E-state index contributed by atoms with van der Waals surface area (Å²) in [5.41, 5.74) is 3.34. The number of halogens is 1. The number of ether oxygens (including phenoxy) is 1. The lowest BCUT2D eigenvalue weighted by Crippen LogP contribution is -2.42. The van der Waals surface area contributed by atoms with Gasteiger partial charge in [-0.05, 0) is 24.6 Å². The van der Waals surface area contributed by atoms with Gasteiger partial charge in [0.25, 0.3) is 0 Å². The molecule has 0 spiro atoms. The third-order valence-electron chi connectivity index (χ3n) is 3.23. The minimum atomic E-state index is 0.364. The third kappa shape index (κ3) is 2.43. The standard InChI is InChI=1S/C13H16BrN3O/c1-8-4-9(14)5-11-13(8)17-12(16-11)6-10-7-18-3-2-15-10/h4-5,10,15H,2-3,6-7H2,1H3,(H,16,17). The van der Waals surface area contributed by atoms with Crippen molar-refractivity contribution in [1.82, 2.24) is 15.3 Å². The van der Waals surface area contributed by atoms with Crippen LogP contribution in [0.5, 0.6) is 0 Å². The Kier molecular flexibility index (Phi) is 3.37. The Morgan fingerprint density at radius 3 is 3.17 bits per heavy atom. The number of morpholine rings is 1. The number of imidazole rings is 1. The predicted molar refractivity (Wildman–Crippen MR) is 74.8 cm³/mol. The van der Waals surface area contributed by atoms with Gasteiger partial charge >= 0.3 is 0 Å². The van der Waals surface area contributed by atoms with E-state index in [-0.39, 0.29) is 0 Å². The van der Waals surface area contributed by atoms with E-state index in [2.05, 4.69) is 50.3 Å². The molecular weight excluding hydrogens is 294 g/mol. The second kappa shape index (κ2) is 4.99. The molecule has 4 nitrogen and oxygen atoms in total. The number of nitrogens with one attached hydrogen (secondary N) is 2. The van der Waals surface area contributed by atoms with E-state index in [1.807, 2.05) is 0 Å². The molecule has 0 amide bonds. The molecular formula is C13H16BrN3O. The van der Waals surface area contributed by atoms with Crippen LogP contribution in [0.25, 0.3) is 11.0 Å². The van der Waals surface area contributed by atoms with Gasteiger partial charge in [0, 0.05) is 23.5 Å². The largest absolute Gasteiger partial charge is 0.379 e. The number of aromatic amines is 1. The number of aryl methyl sites for hydroxylation is 1. The van der Waals surface area contributed by atoms with Crippen LogP contribution < -0.4 is 5.32 Å². The van der Waals surface area contributed by atoms with Gasteiger partial charge in [-0.25, -0.2) is 4.98 Å². The molecule has 96 valence electrons. The van der Waals surface area contributed by atoms with Gasteiger partial charge < -0.3 is 15.0 Å². The van der Waals surface area contributed by atoms with E-state index in [0.717, 1.165) is 47.5 Å². The molecule has 3 rings (SSSR count). The second-order valence-electron chi connectivity index (χ2n) is 4.73. The van der Waals surface area contributed by atoms with E-state index in [0.29, 0.717) is 6.04 Å². The molecule has 1 unspecified atom stereocenters. The fraction of sp³-hybridized carbons (Fsp3) is 0.462. The first-order chi connectivity index (χ1) is 8.72. The Labute approximate surface area is 114 Å². The maximum absolute atomic E-state index is 5.46. The molecule has 0 saturated carbocycles. The SMILES string of the molecule is Cc1cc(Br)cc2[nH]c(CC3COCCN3)nc12. The van der Waals surface area contributed by atoms with E-state index in [1.165, 1.54) is 5.56 Å². The molecule has 2 heterocycles. The molecule has 0 radical (unpaired) electrons. The lowest BCUT2D eigenvalue weighted by atomic mass is 10.2. The fourth-order valence-corrected chi connectivity index (χ4v) is 2.95. The van der Waals surface area contributed by atoms with Crippen LogP contribution in [-0.2, 0) is 11.2 Å². The summed E-state index contributed by atoms with van der Waals surface area (Å²) < 4.78 is 6.54. The summed E-state index contributed by atoms with van der Waals surface area (Å²) in [4.78, 5) is 8.06. The molecule has 1 aliphatic rings. The first-order valence-corrected chi connectivity index (χ1v) is 6.97. The zero-order chi connectivity index (χ0) is 12.5. The van der Waals surface area contributed by atoms with Crippen LogP contribution in [-0.4, -0.2) is 35.8 Å². The molecule has 1 aromatic heterocycles. The lowest BCUT2D eigenvalue weighted by Gasteiger charge is -2.22. The fourth-order valence-electron chi connectivity index (χ4n) is 2.38. The number of hydrogen-bond donors (Lipinski definition) is 2. The number of aromatic nitrogens is 2. The molecule has 1 saturated heterocycles. The van der Waals surface area contributed by atoms with Crippen molar-refractivity contribution in [2.75, 3.05) is 19.8 Å². The van der Waals surface area contributed by atoms with E-state index < -0.39 is 0 Å². The Morgan fingerprint density at radius 2 is 2.39 bits per heavy atom. The highest BCUT2D eigenvalue weighted by atomic mass is 79.9. The molecule has 0 aliphatic carbocycles. The quantitative estimate of drug-likeness (QED) is 0.894. The van der Waals surface area contributed by atoms with E-state index in [1.54, 1.807) is 0 Å². The van der Waals surface area contributed by atoms with Gasteiger partial charge in [-0.15, -0.1) is 0 Å². The van der Waals surface area contributed by atoms with Crippen LogP contribution >= 0.6 is 15.9 Å². The first-order valence-electron chi connectivity index (χ1n) is 6.18. The average molecular weight is 310 g/mol. The van der Waals surface area contributed by atoms with Gasteiger partial charge in [0.15, 0.2) is 0 Å². The zero-order valence-corrected chi connectivity index (χ0v) is 11.9. The normalized spacial score (nSPS) is 20.4. The molecule has 2 N–H and O–H groups in total. The second-order valence-corrected chi connectivity index (χ2v) is 5.65. The molecule has 1 fully saturated rings. The van der Waals surface area contributed by atoms with Crippen molar-refractivity contribution >= 4 is 27.0 Å². The Bertz CT molecular complexity index is 561. The maximum atomic E-state index is 5.46. The van der Waals surface area contributed by atoms with E-state index in [9.17, 15) is 0 Å². The van der Waals surface area contributed by atoms with Crippen molar-refractivity contribution in [3.63, 3.8) is 0 Å². The number of H-pyrrole nitrogens is 1. The number of fused-ring (bicyclic) bond motifs is 1. The number of rotatable bonds is 2. The van der Waals surface area contributed by atoms with Crippen LogP contribution in [0.2, 0.25) is 0 Å². The van der Waals surface area contributed by atoms with Crippen LogP contribution in [0, 0.1) is 6.92 Å². The molecule has 2 aromatic rings. The van der Waals surface area contributed by atoms with Gasteiger partial charge in [0.2, 0.25) is 0 Å². The summed E-state index contributed by atoms with van der Waals surface area (Å²) in [7, 11) is 0. The summed E-state index contributed by atoms with van der Waals surface area (Å²) in [6.07, 6.45) is 0.881. The average Bonchev–Trinajstić information content (AvgIpc) is 2.73. The molecule has 0 bridgehead atoms. The van der Waals surface area contributed by atoms with Crippen molar-refractivity contribution in [2.24, 2.45) is 0 Å². The van der Waals surface area contributed by atoms with Crippen molar-refractivity contribution in [3.8, 4) is 0 Å². The minimum Gasteiger partial charge on any atom is -0.379 e. The van der Waals surface area contributed by atoms with Gasteiger partial charge in [0.1, 0.15) is 5.82 Å². The first kappa shape index (κ1) is 12.1. The monoisotopic (exact) mass is 309 g/mol. The van der Waals surface area contributed by atoms with Crippen molar-refractivity contribution in [2.45, 2.75) is 19.4 Å². The molecule has 18 heavy (non-hydrogen) atoms. The highest BCUT2D eigenvalue weighted by Crippen LogP contribution is 2.22. The summed E-state index contributed by atoms with van der Waals surface area (Å²) in [6.45, 7) is 4.58. The van der Waals surface area contributed by atoms with Crippen LogP contribution in [0.15, 0.2) is 16.6 Å². The number of hydrogen-bond acceptors (Lipinski definition) is 3. The summed E-state index contributed by atoms with van der Waals surface area (Å²) in [6, 6.07) is 4.53. The number of nitrogens with zero attached hydrogens (tertiary/aromatic N) is 1. The third-order valence-corrected chi connectivity index (χ3v) is 3.69. The Hall–Kier alpha value is -0.910. The number of benzene rings is 1. The predicted octanol–water partition coefficient (Wildman–Crippen LogP) is 2.16. The topological polar surface area (TPSA) is 49.9 Å². The highest BCUT2D eigenvalue weighted by Gasteiger charge is 2.16. The van der Waals surface area contributed by atoms with Crippen LogP contribution in [0.4, 0.5) is 0 Å². The Balaban J connectivity index is 1.86. The highest BCUT2D eigenvalue weighted by molar-refractivity contribution is 9.10. The van der Waals surface area contributed by atoms with Gasteiger partial charge in [-0.1, -0.05) is 15.9 Å². The lowest BCUT2D eigenvalue weighted by molar-refractivity contribution is 0.0765.